The fraction of sp³-hybridized carbons (Fsp3) is 0.474. The van der Waals surface area contributed by atoms with Crippen LogP contribution in [0, 0.1) is 12.8 Å². The highest BCUT2D eigenvalue weighted by Crippen LogP contribution is 2.16. The van der Waals surface area contributed by atoms with Crippen LogP contribution in [0.1, 0.15) is 44.7 Å². The Bertz CT molecular complexity index is 747. The molecule has 1 N–H and O–H groups in total. The van der Waals surface area contributed by atoms with Gasteiger partial charge in [0.2, 0.25) is 5.91 Å². The fourth-order valence-corrected chi connectivity index (χ4v) is 2.73. The van der Waals surface area contributed by atoms with Crippen molar-refractivity contribution in [2.75, 3.05) is 6.54 Å². The van der Waals surface area contributed by atoms with Gasteiger partial charge in [-0.15, -0.1) is 0 Å². The number of unbranched alkanes of at least 4 members (excludes halogenated alkanes) is 1. The van der Waals surface area contributed by atoms with Crippen molar-refractivity contribution in [3.8, 4) is 0 Å². The quantitative estimate of drug-likeness (QED) is 0.885. The van der Waals surface area contributed by atoms with E-state index in [1.54, 1.807) is 4.90 Å². The van der Waals surface area contributed by atoms with Crippen LogP contribution in [0.4, 0.5) is 0 Å². The predicted molar refractivity (Wildman–Crippen MR) is 94.5 cm³/mol. The SMILES string of the molecule is CCCCN(Cc1cc2cccc(C)c2[nH]c1=O)C(=O)C(C)C. The number of rotatable bonds is 6. The van der Waals surface area contributed by atoms with Gasteiger partial charge in [0, 0.05) is 18.0 Å². The lowest BCUT2D eigenvalue weighted by Gasteiger charge is -2.24. The van der Waals surface area contributed by atoms with E-state index < -0.39 is 0 Å². The van der Waals surface area contributed by atoms with Crippen LogP contribution in [0.15, 0.2) is 29.1 Å². The van der Waals surface area contributed by atoms with Crippen molar-refractivity contribution in [1.29, 1.82) is 0 Å². The van der Waals surface area contributed by atoms with Crippen molar-refractivity contribution in [1.82, 2.24) is 9.88 Å². The van der Waals surface area contributed by atoms with E-state index in [2.05, 4.69) is 11.9 Å². The second-order valence-electron chi connectivity index (χ2n) is 6.43. The molecule has 2 rings (SSSR count). The van der Waals surface area contributed by atoms with Crippen molar-refractivity contribution in [3.63, 3.8) is 0 Å². The number of fused-ring (bicyclic) bond motifs is 1. The zero-order chi connectivity index (χ0) is 17.0. The Morgan fingerprint density at radius 1 is 1.30 bits per heavy atom. The van der Waals surface area contributed by atoms with Gasteiger partial charge in [0.25, 0.3) is 5.56 Å². The lowest BCUT2D eigenvalue weighted by atomic mass is 10.1. The van der Waals surface area contributed by atoms with Crippen molar-refractivity contribution >= 4 is 16.8 Å². The topological polar surface area (TPSA) is 53.2 Å². The molecule has 0 saturated heterocycles. The van der Waals surface area contributed by atoms with E-state index in [9.17, 15) is 9.59 Å². The minimum absolute atomic E-state index is 0.0614. The summed E-state index contributed by atoms with van der Waals surface area (Å²) in [6.45, 7) is 8.94. The summed E-state index contributed by atoms with van der Waals surface area (Å²) in [4.78, 5) is 29.6. The fourth-order valence-electron chi connectivity index (χ4n) is 2.73. The number of hydrogen-bond acceptors (Lipinski definition) is 2. The lowest BCUT2D eigenvalue weighted by Crippen LogP contribution is -2.36. The third-order valence-electron chi connectivity index (χ3n) is 4.11. The highest BCUT2D eigenvalue weighted by molar-refractivity contribution is 5.82. The maximum Gasteiger partial charge on any atom is 0.253 e. The summed E-state index contributed by atoms with van der Waals surface area (Å²) in [7, 11) is 0. The molecule has 1 aromatic heterocycles. The van der Waals surface area contributed by atoms with Gasteiger partial charge >= 0.3 is 0 Å². The molecule has 0 aliphatic carbocycles. The summed E-state index contributed by atoms with van der Waals surface area (Å²) < 4.78 is 0. The number of carbonyl (C=O) groups is 1. The Hall–Kier alpha value is -2.10. The van der Waals surface area contributed by atoms with Gasteiger partial charge < -0.3 is 9.88 Å². The molecule has 124 valence electrons. The zero-order valence-corrected chi connectivity index (χ0v) is 14.5. The van der Waals surface area contributed by atoms with Gasteiger partial charge in [0.05, 0.1) is 12.1 Å². The summed E-state index contributed by atoms with van der Waals surface area (Å²) in [5, 5.41) is 1.01. The van der Waals surface area contributed by atoms with Crippen LogP contribution in [-0.4, -0.2) is 22.3 Å². The minimum atomic E-state index is -0.107. The third-order valence-corrected chi connectivity index (χ3v) is 4.11. The van der Waals surface area contributed by atoms with Gasteiger partial charge in [0.1, 0.15) is 0 Å². The first-order valence-corrected chi connectivity index (χ1v) is 8.34. The van der Waals surface area contributed by atoms with Crippen molar-refractivity contribution in [2.24, 2.45) is 5.92 Å². The predicted octanol–water partition coefficient (Wildman–Crippen LogP) is 3.62. The number of nitrogens with zero attached hydrogens (tertiary/aromatic N) is 1. The van der Waals surface area contributed by atoms with E-state index in [4.69, 9.17) is 0 Å². The largest absolute Gasteiger partial charge is 0.338 e. The number of carbonyl (C=O) groups excluding carboxylic acids is 1. The van der Waals surface area contributed by atoms with Crippen LogP contribution in [-0.2, 0) is 11.3 Å². The Morgan fingerprint density at radius 2 is 2.04 bits per heavy atom. The molecule has 1 amide bonds. The number of aromatic nitrogens is 1. The summed E-state index contributed by atoms with van der Waals surface area (Å²) in [6, 6.07) is 7.86. The van der Waals surface area contributed by atoms with E-state index in [0.717, 1.165) is 29.3 Å². The number of hydrogen-bond donors (Lipinski definition) is 1. The standard InChI is InChI=1S/C19H26N2O2/c1-5-6-10-21(19(23)13(2)3)12-16-11-15-9-7-8-14(4)17(15)20-18(16)22/h7-9,11,13H,5-6,10,12H2,1-4H3,(H,20,22). The second kappa shape index (κ2) is 7.44. The molecular formula is C19H26N2O2. The molecular weight excluding hydrogens is 288 g/mol. The Morgan fingerprint density at radius 3 is 2.70 bits per heavy atom. The van der Waals surface area contributed by atoms with Gasteiger partial charge in [-0.25, -0.2) is 0 Å². The molecule has 0 fully saturated rings. The number of aromatic amines is 1. The average Bonchev–Trinajstić information content (AvgIpc) is 2.52. The molecule has 0 aliphatic heterocycles. The number of benzene rings is 1. The van der Waals surface area contributed by atoms with Crippen molar-refractivity contribution < 1.29 is 4.79 Å². The Kier molecular flexibility index (Phi) is 5.59. The van der Waals surface area contributed by atoms with E-state index in [1.165, 1.54) is 0 Å². The molecule has 4 heteroatoms. The average molecular weight is 314 g/mol. The minimum Gasteiger partial charge on any atom is -0.338 e. The first-order valence-electron chi connectivity index (χ1n) is 8.34. The van der Waals surface area contributed by atoms with E-state index >= 15 is 0 Å². The summed E-state index contributed by atoms with van der Waals surface area (Å²) in [6.07, 6.45) is 1.97. The second-order valence-corrected chi connectivity index (χ2v) is 6.43. The molecule has 0 unspecified atom stereocenters. The molecule has 0 saturated carbocycles. The van der Waals surface area contributed by atoms with Crippen LogP contribution < -0.4 is 5.56 Å². The molecule has 0 bridgehead atoms. The van der Waals surface area contributed by atoms with Gasteiger partial charge in [-0.1, -0.05) is 45.4 Å². The maximum absolute atomic E-state index is 12.4. The number of para-hydroxylation sites is 1. The molecule has 4 nitrogen and oxygen atoms in total. The monoisotopic (exact) mass is 314 g/mol. The highest BCUT2D eigenvalue weighted by Gasteiger charge is 2.18. The normalized spacial score (nSPS) is 11.2. The van der Waals surface area contributed by atoms with Gasteiger partial charge in [-0.05, 0) is 30.4 Å². The van der Waals surface area contributed by atoms with E-state index in [-0.39, 0.29) is 17.4 Å². The smallest absolute Gasteiger partial charge is 0.253 e. The first-order chi connectivity index (χ1) is 10.9. The third kappa shape index (κ3) is 4.01. The van der Waals surface area contributed by atoms with Crippen molar-refractivity contribution in [3.05, 3.63) is 45.7 Å². The highest BCUT2D eigenvalue weighted by atomic mass is 16.2. The maximum atomic E-state index is 12.4. The Balaban J connectivity index is 2.35. The van der Waals surface area contributed by atoms with E-state index in [1.807, 2.05) is 45.0 Å². The molecule has 0 aliphatic rings. The Labute approximate surface area is 137 Å². The lowest BCUT2D eigenvalue weighted by molar-refractivity contribution is -0.135. The first kappa shape index (κ1) is 17.3. The van der Waals surface area contributed by atoms with Crippen molar-refractivity contribution in [2.45, 2.75) is 47.1 Å². The summed E-state index contributed by atoms with van der Waals surface area (Å²) >= 11 is 0. The number of aryl methyl sites for hydroxylation is 1. The van der Waals surface area contributed by atoms with Crippen LogP contribution in [0.5, 0.6) is 0 Å². The zero-order valence-electron chi connectivity index (χ0n) is 14.5. The van der Waals surface area contributed by atoms with Crippen LogP contribution >= 0.6 is 0 Å². The molecule has 2 aromatic rings. The van der Waals surface area contributed by atoms with Gasteiger partial charge in [-0.3, -0.25) is 9.59 Å². The molecule has 0 spiro atoms. The van der Waals surface area contributed by atoms with Gasteiger partial charge in [-0.2, -0.15) is 0 Å². The number of amides is 1. The number of nitrogens with one attached hydrogen (secondary N) is 1. The number of pyridine rings is 1. The molecule has 1 aromatic carbocycles. The summed E-state index contributed by atoms with van der Waals surface area (Å²) in [5.41, 5.74) is 2.46. The molecule has 0 atom stereocenters. The van der Waals surface area contributed by atoms with Crippen LogP contribution in [0.2, 0.25) is 0 Å². The summed E-state index contributed by atoms with van der Waals surface area (Å²) in [5.74, 6) is 0.0378. The van der Waals surface area contributed by atoms with Gasteiger partial charge in [0.15, 0.2) is 0 Å². The van der Waals surface area contributed by atoms with Crippen LogP contribution in [0.25, 0.3) is 10.9 Å². The molecule has 23 heavy (non-hydrogen) atoms. The van der Waals surface area contributed by atoms with E-state index in [0.29, 0.717) is 18.7 Å². The number of H-pyrrole nitrogens is 1. The van der Waals surface area contributed by atoms with Crippen LogP contribution in [0.3, 0.4) is 0 Å². The molecule has 1 heterocycles. The molecule has 0 radical (unpaired) electrons.